The highest BCUT2D eigenvalue weighted by Gasteiger charge is 2.39. The molecule has 7 heteroatoms. The highest BCUT2D eigenvalue weighted by molar-refractivity contribution is 5.89. The van der Waals surface area contributed by atoms with Crippen LogP contribution in [0, 0.1) is 5.92 Å². The van der Waals surface area contributed by atoms with E-state index in [1.54, 1.807) is 7.11 Å². The number of hydrogen-bond donors (Lipinski definition) is 1. The van der Waals surface area contributed by atoms with Crippen LogP contribution in [0.2, 0.25) is 0 Å². The van der Waals surface area contributed by atoms with Crippen molar-refractivity contribution in [3.8, 4) is 5.75 Å². The van der Waals surface area contributed by atoms with Crippen LogP contribution < -0.4 is 10.1 Å². The van der Waals surface area contributed by atoms with Gasteiger partial charge in [0.05, 0.1) is 13.7 Å². The number of fused-ring (bicyclic) bond motifs is 1. The summed E-state index contributed by atoms with van der Waals surface area (Å²) >= 11 is 0. The van der Waals surface area contributed by atoms with Crippen molar-refractivity contribution in [1.29, 1.82) is 0 Å². The van der Waals surface area contributed by atoms with Crippen molar-refractivity contribution < 1.29 is 19.1 Å². The van der Waals surface area contributed by atoms with E-state index in [1.807, 2.05) is 29.2 Å². The first kappa shape index (κ1) is 19.5. The first-order chi connectivity index (χ1) is 13.0. The van der Waals surface area contributed by atoms with Crippen molar-refractivity contribution in [3.05, 3.63) is 24.3 Å². The van der Waals surface area contributed by atoms with Gasteiger partial charge in [-0.25, -0.2) is 4.79 Å². The van der Waals surface area contributed by atoms with Crippen molar-refractivity contribution in [2.45, 2.75) is 38.8 Å². The van der Waals surface area contributed by atoms with Crippen LogP contribution >= 0.6 is 0 Å². The lowest BCUT2D eigenvalue weighted by Crippen LogP contribution is -2.62. The van der Waals surface area contributed by atoms with Crippen molar-refractivity contribution in [1.82, 2.24) is 9.80 Å². The van der Waals surface area contributed by atoms with Gasteiger partial charge in [-0.2, -0.15) is 0 Å². The molecule has 1 unspecified atom stereocenters. The number of benzene rings is 1. The van der Waals surface area contributed by atoms with Crippen LogP contribution in [0.5, 0.6) is 5.75 Å². The second kappa shape index (κ2) is 8.61. The third-order valence-corrected chi connectivity index (χ3v) is 5.51. The minimum Gasteiger partial charge on any atom is -0.497 e. The van der Waals surface area contributed by atoms with E-state index in [-0.39, 0.29) is 17.9 Å². The zero-order valence-corrected chi connectivity index (χ0v) is 16.3. The summed E-state index contributed by atoms with van der Waals surface area (Å²) in [4.78, 5) is 28.3. The minimum atomic E-state index is -0.251. The number of rotatable bonds is 4. The van der Waals surface area contributed by atoms with Gasteiger partial charge in [0, 0.05) is 50.2 Å². The van der Waals surface area contributed by atoms with Gasteiger partial charge >= 0.3 is 12.0 Å². The van der Waals surface area contributed by atoms with Gasteiger partial charge in [0.1, 0.15) is 5.75 Å². The van der Waals surface area contributed by atoms with Gasteiger partial charge in [-0.3, -0.25) is 9.69 Å². The fourth-order valence-electron chi connectivity index (χ4n) is 3.90. The lowest BCUT2D eigenvalue weighted by molar-refractivity contribution is -0.143. The Morgan fingerprint density at radius 1 is 1.22 bits per heavy atom. The smallest absolute Gasteiger partial charge is 0.321 e. The lowest BCUT2D eigenvalue weighted by Gasteiger charge is -2.51. The standard InChI is InChI=1S/C20H29N3O4/c1-14-10-18-12-22(9-8-16(11-23(14)18)13-27-15(2)24)20(25)21-17-4-6-19(26-3)7-5-17/h4-7,14,16,18H,8-13H2,1-3H3,(H,21,25)/t14-,16?,18-/m1/s1. The van der Waals surface area contributed by atoms with Gasteiger partial charge in [-0.1, -0.05) is 0 Å². The van der Waals surface area contributed by atoms with Crippen molar-refractivity contribution >= 4 is 17.7 Å². The second-order valence-electron chi connectivity index (χ2n) is 7.50. The third kappa shape index (κ3) is 4.91. The Labute approximate surface area is 160 Å². The number of esters is 1. The quantitative estimate of drug-likeness (QED) is 0.819. The summed E-state index contributed by atoms with van der Waals surface area (Å²) in [5.41, 5.74) is 0.748. The van der Waals surface area contributed by atoms with Gasteiger partial charge in [0.25, 0.3) is 0 Å². The SMILES string of the molecule is COc1ccc(NC(=O)N2CCC(COC(C)=O)CN3[C@H](C[C@H]3C)C2)cc1. The van der Waals surface area contributed by atoms with Gasteiger partial charge in [0.15, 0.2) is 0 Å². The average Bonchev–Trinajstić information content (AvgIpc) is 2.64. The van der Waals surface area contributed by atoms with E-state index in [4.69, 9.17) is 9.47 Å². The summed E-state index contributed by atoms with van der Waals surface area (Å²) in [7, 11) is 1.62. The molecule has 148 valence electrons. The number of urea groups is 1. The Bertz CT molecular complexity index is 664. The van der Waals surface area contributed by atoms with E-state index >= 15 is 0 Å². The summed E-state index contributed by atoms with van der Waals surface area (Å²) in [5, 5.41) is 2.97. The zero-order valence-electron chi connectivity index (χ0n) is 16.3. The number of hydrogen-bond acceptors (Lipinski definition) is 5. The number of carbonyl (C=O) groups excluding carboxylic acids is 2. The van der Waals surface area contributed by atoms with E-state index in [9.17, 15) is 9.59 Å². The fraction of sp³-hybridized carbons (Fsp3) is 0.600. The predicted molar refractivity (Wildman–Crippen MR) is 103 cm³/mol. The molecule has 2 amide bonds. The van der Waals surface area contributed by atoms with Crippen LogP contribution in [0.25, 0.3) is 0 Å². The molecule has 0 spiro atoms. The highest BCUT2D eigenvalue weighted by Crippen LogP contribution is 2.30. The maximum atomic E-state index is 12.8. The van der Waals surface area contributed by atoms with Crippen molar-refractivity contribution in [2.75, 3.05) is 38.7 Å². The number of ether oxygens (including phenoxy) is 2. The van der Waals surface area contributed by atoms with E-state index in [0.29, 0.717) is 25.2 Å². The lowest BCUT2D eigenvalue weighted by atomic mass is 9.89. The molecule has 0 bridgehead atoms. The summed E-state index contributed by atoms with van der Waals surface area (Å²) < 4.78 is 10.4. The molecular weight excluding hydrogens is 346 g/mol. The van der Waals surface area contributed by atoms with E-state index in [0.717, 1.165) is 37.4 Å². The average molecular weight is 375 g/mol. The Morgan fingerprint density at radius 2 is 1.96 bits per heavy atom. The Hall–Kier alpha value is -2.28. The molecule has 0 radical (unpaired) electrons. The molecule has 1 aromatic rings. The van der Waals surface area contributed by atoms with Crippen molar-refractivity contribution in [3.63, 3.8) is 0 Å². The Morgan fingerprint density at radius 3 is 2.59 bits per heavy atom. The normalized spacial score (nSPS) is 25.4. The number of carbonyl (C=O) groups is 2. The van der Waals surface area contributed by atoms with E-state index in [1.165, 1.54) is 6.92 Å². The third-order valence-electron chi connectivity index (χ3n) is 5.51. The molecule has 2 saturated heterocycles. The molecule has 2 aliphatic heterocycles. The maximum absolute atomic E-state index is 12.8. The molecule has 0 aliphatic carbocycles. The van der Waals surface area contributed by atoms with Crippen LogP contribution in [-0.4, -0.2) is 67.2 Å². The van der Waals surface area contributed by atoms with E-state index < -0.39 is 0 Å². The molecule has 7 nitrogen and oxygen atoms in total. The Balaban J connectivity index is 1.63. The topological polar surface area (TPSA) is 71.1 Å². The van der Waals surface area contributed by atoms with Gasteiger partial charge in [-0.05, 0) is 44.0 Å². The second-order valence-corrected chi connectivity index (χ2v) is 7.50. The molecule has 1 aromatic carbocycles. The minimum absolute atomic E-state index is 0.0900. The molecule has 27 heavy (non-hydrogen) atoms. The van der Waals surface area contributed by atoms with Gasteiger partial charge < -0.3 is 19.7 Å². The summed E-state index contributed by atoms with van der Waals surface area (Å²) in [5.74, 6) is 0.752. The molecule has 0 aromatic heterocycles. The highest BCUT2D eigenvalue weighted by atomic mass is 16.5. The predicted octanol–water partition coefficient (Wildman–Crippen LogP) is 2.57. The summed E-state index contributed by atoms with van der Waals surface area (Å²) in [6.45, 7) is 6.38. The number of methoxy groups -OCH3 is 1. The monoisotopic (exact) mass is 375 g/mol. The molecule has 0 saturated carbocycles. The molecular formula is C20H29N3O4. The van der Waals surface area contributed by atoms with Crippen LogP contribution in [-0.2, 0) is 9.53 Å². The summed E-state index contributed by atoms with van der Waals surface area (Å²) in [6, 6.07) is 8.12. The van der Waals surface area contributed by atoms with Crippen molar-refractivity contribution in [2.24, 2.45) is 5.92 Å². The number of amides is 2. The number of nitrogens with one attached hydrogen (secondary N) is 1. The molecule has 2 aliphatic rings. The largest absolute Gasteiger partial charge is 0.497 e. The molecule has 3 rings (SSSR count). The number of nitrogens with zero attached hydrogens (tertiary/aromatic N) is 2. The van der Waals surface area contributed by atoms with Crippen LogP contribution in [0.1, 0.15) is 26.7 Å². The molecule has 2 heterocycles. The zero-order chi connectivity index (χ0) is 19.4. The van der Waals surface area contributed by atoms with Crippen LogP contribution in [0.4, 0.5) is 10.5 Å². The van der Waals surface area contributed by atoms with Gasteiger partial charge in [0.2, 0.25) is 0 Å². The molecule has 2 fully saturated rings. The first-order valence-corrected chi connectivity index (χ1v) is 9.55. The fourth-order valence-corrected chi connectivity index (χ4v) is 3.90. The van der Waals surface area contributed by atoms with E-state index in [2.05, 4.69) is 17.1 Å². The number of anilines is 1. The molecule has 3 atom stereocenters. The van der Waals surface area contributed by atoms with Gasteiger partial charge in [-0.15, -0.1) is 0 Å². The summed E-state index contributed by atoms with van der Waals surface area (Å²) in [6.07, 6.45) is 1.91. The maximum Gasteiger partial charge on any atom is 0.321 e. The Kier molecular flexibility index (Phi) is 6.21. The molecule has 1 N–H and O–H groups in total. The van der Waals surface area contributed by atoms with Crippen LogP contribution in [0.3, 0.4) is 0 Å². The van der Waals surface area contributed by atoms with Crippen LogP contribution in [0.15, 0.2) is 24.3 Å². The first-order valence-electron chi connectivity index (χ1n) is 9.55.